The number of halogens is 1. The van der Waals surface area contributed by atoms with Gasteiger partial charge in [-0.25, -0.2) is 8.42 Å². The van der Waals surface area contributed by atoms with Gasteiger partial charge in [0, 0.05) is 22.8 Å². The van der Waals surface area contributed by atoms with E-state index in [-0.39, 0.29) is 24.3 Å². The molecule has 0 amide bonds. The van der Waals surface area contributed by atoms with Gasteiger partial charge in [-0.15, -0.1) is 0 Å². The van der Waals surface area contributed by atoms with Gasteiger partial charge in [0.15, 0.2) is 9.84 Å². The maximum absolute atomic E-state index is 11.5. The van der Waals surface area contributed by atoms with E-state index in [0.717, 1.165) is 4.47 Å². The summed E-state index contributed by atoms with van der Waals surface area (Å²) >= 11 is 3.24. The average Bonchev–Trinajstić information content (AvgIpc) is 2.59. The third kappa shape index (κ3) is 2.72. The molecule has 98 valence electrons. The number of nitrogens with zero attached hydrogens (tertiary/aromatic N) is 1. The van der Waals surface area contributed by atoms with Gasteiger partial charge >= 0.3 is 5.97 Å². The molecule has 1 atom stereocenters. The van der Waals surface area contributed by atoms with Gasteiger partial charge in [0.1, 0.15) is 0 Å². The topological polar surface area (TPSA) is 84.3 Å². The van der Waals surface area contributed by atoms with Crippen LogP contribution in [0.1, 0.15) is 12.1 Å². The monoisotopic (exact) mass is 333 g/mol. The molecule has 1 N–H and O–H groups in total. The first-order valence-electron chi connectivity index (χ1n) is 5.37. The molecule has 5 nitrogen and oxygen atoms in total. The van der Waals surface area contributed by atoms with Gasteiger partial charge in [-0.3, -0.25) is 9.78 Å². The van der Waals surface area contributed by atoms with Crippen molar-refractivity contribution in [1.82, 2.24) is 4.98 Å². The van der Waals surface area contributed by atoms with Gasteiger partial charge in [0.05, 0.1) is 16.9 Å². The smallest absolute Gasteiger partial charge is 0.311 e. The predicted molar refractivity (Wildman–Crippen MR) is 69.0 cm³/mol. The van der Waals surface area contributed by atoms with Gasteiger partial charge in [-0.2, -0.15) is 0 Å². The molecule has 1 unspecified atom stereocenters. The highest BCUT2D eigenvalue weighted by Gasteiger charge is 2.48. The molecule has 1 aliphatic heterocycles. The van der Waals surface area contributed by atoms with Crippen molar-refractivity contribution < 1.29 is 18.3 Å². The molecule has 1 aromatic heterocycles. The lowest BCUT2D eigenvalue weighted by Crippen LogP contribution is -2.34. The summed E-state index contributed by atoms with van der Waals surface area (Å²) in [5, 5.41) is 9.31. The summed E-state index contributed by atoms with van der Waals surface area (Å²) in [6.07, 6.45) is 1.88. The summed E-state index contributed by atoms with van der Waals surface area (Å²) in [7, 11) is -3.25. The van der Waals surface area contributed by atoms with Crippen LogP contribution in [0.5, 0.6) is 0 Å². The first kappa shape index (κ1) is 13.5. The molecule has 0 bridgehead atoms. The zero-order valence-corrected chi connectivity index (χ0v) is 11.9. The Morgan fingerprint density at radius 1 is 1.50 bits per heavy atom. The van der Waals surface area contributed by atoms with Gasteiger partial charge in [-0.05, 0) is 34.5 Å². The number of pyridine rings is 1. The molecule has 1 fully saturated rings. The zero-order chi connectivity index (χ0) is 13.4. The number of carboxylic acids is 1. The van der Waals surface area contributed by atoms with Crippen LogP contribution in [-0.4, -0.2) is 36.0 Å². The number of sulfone groups is 1. The summed E-state index contributed by atoms with van der Waals surface area (Å²) in [5.41, 5.74) is -0.627. The summed E-state index contributed by atoms with van der Waals surface area (Å²) in [6, 6.07) is 3.47. The van der Waals surface area contributed by atoms with Crippen LogP contribution in [0.25, 0.3) is 0 Å². The van der Waals surface area contributed by atoms with E-state index in [1.807, 2.05) is 0 Å². The molecule has 1 saturated heterocycles. The fourth-order valence-electron chi connectivity index (χ4n) is 2.16. The van der Waals surface area contributed by atoms with Crippen molar-refractivity contribution in [3.05, 3.63) is 28.5 Å². The molecule has 1 aromatic rings. The molecule has 0 aromatic carbocycles. The third-order valence-electron chi connectivity index (χ3n) is 3.15. The van der Waals surface area contributed by atoms with Crippen LogP contribution in [0, 0.1) is 5.41 Å². The van der Waals surface area contributed by atoms with Crippen molar-refractivity contribution in [2.75, 3.05) is 11.5 Å². The van der Waals surface area contributed by atoms with Crippen LogP contribution < -0.4 is 0 Å². The highest BCUT2D eigenvalue weighted by Crippen LogP contribution is 2.35. The van der Waals surface area contributed by atoms with Crippen molar-refractivity contribution in [2.45, 2.75) is 12.8 Å². The van der Waals surface area contributed by atoms with E-state index in [0.29, 0.717) is 5.69 Å². The number of rotatable bonds is 3. The quantitative estimate of drug-likeness (QED) is 0.900. The van der Waals surface area contributed by atoms with E-state index in [4.69, 9.17) is 0 Å². The fraction of sp³-hybridized carbons (Fsp3) is 0.455. The Balaban J connectivity index is 2.28. The second kappa shape index (κ2) is 4.62. The maximum atomic E-state index is 11.5. The van der Waals surface area contributed by atoms with Gasteiger partial charge in [-0.1, -0.05) is 0 Å². The zero-order valence-electron chi connectivity index (χ0n) is 9.47. The minimum Gasteiger partial charge on any atom is -0.481 e. The van der Waals surface area contributed by atoms with Crippen molar-refractivity contribution in [3.8, 4) is 0 Å². The normalized spacial score (nSPS) is 26.1. The first-order valence-corrected chi connectivity index (χ1v) is 7.99. The number of carbonyl (C=O) groups is 1. The van der Waals surface area contributed by atoms with E-state index < -0.39 is 21.2 Å². The Hall–Kier alpha value is -0.950. The lowest BCUT2D eigenvalue weighted by molar-refractivity contribution is -0.147. The molecule has 0 spiro atoms. The molecular formula is C11H12BrNO4S. The Kier molecular flexibility index (Phi) is 3.46. The van der Waals surface area contributed by atoms with Crippen LogP contribution in [0.3, 0.4) is 0 Å². The fourth-order valence-corrected chi connectivity index (χ4v) is 4.45. The summed E-state index contributed by atoms with van der Waals surface area (Å²) < 4.78 is 23.8. The van der Waals surface area contributed by atoms with E-state index in [9.17, 15) is 18.3 Å². The van der Waals surface area contributed by atoms with Crippen molar-refractivity contribution >= 4 is 31.7 Å². The second-order valence-corrected chi connectivity index (χ2v) is 7.67. The number of aliphatic carboxylic acids is 1. The van der Waals surface area contributed by atoms with E-state index >= 15 is 0 Å². The largest absolute Gasteiger partial charge is 0.481 e. The minimum absolute atomic E-state index is 0.0597. The summed E-state index contributed by atoms with van der Waals surface area (Å²) in [5.74, 6) is -1.42. The van der Waals surface area contributed by atoms with E-state index in [2.05, 4.69) is 20.9 Å². The average molecular weight is 334 g/mol. The molecule has 2 rings (SSSR count). The maximum Gasteiger partial charge on any atom is 0.311 e. The van der Waals surface area contributed by atoms with Gasteiger partial charge in [0.2, 0.25) is 0 Å². The Bertz CT molecular complexity index is 569. The molecule has 0 aliphatic carbocycles. The van der Waals surface area contributed by atoms with Crippen LogP contribution in [0.2, 0.25) is 0 Å². The van der Waals surface area contributed by atoms with Crippen LogP contribution in [0.4, 0.5) is 0 Å². The Labute approximate surface area is 113 Å². The second-order valence-electron chi connectivity index (χ2n) is 4.57. The number of carboxylic acid groups (broad SMARTS) is 1. The predicted octanol–water partition coefficient (Wildman–Crippen LogP) is 1.28. The Morgan fingerprint density at radius 2 is 2.22 bits per heavy atom. The molecular weight excluding hydrogens is 322 g/mol. The van der Waals surface area contributed by atoms with Gasteiger partial charge < -0.3 is 5.11 Å². The molecule has 0 saturated carbocycles. The molecule has 2 heterocycles. The summed E-state index contributed by atoms with van der Waals surface area (Å²) in [4.78, 5) is 15.5. The number of hydrogen-bond acceptors (Lipinski definition) is 4. The highest BCUT2D eigenvalue weighted by atomic mass is 79.9. The van der Waals surface area contributed by atoms with Crippen LogP contribution in [0.15, 0.2) is 22.8 Å². The Morgan fingerprint density at radius 3 is 2.67 bits per heavy atom. The summed E-state index contributed by atoms with van der Waals surface area (Å²) in [6.45, 7) is 0. The van der Waals surface area contributed by atoms with Crippen molar-refractivity contribution in [2.24, 2.45) is 5.41 Å². The van der Waals surface area contributed by atoms with Gasteiger partial charge in [0.25, 0.3) is 0 Å². The van der Waals surface area contributed by atoms with E-state index in [1.54, 1.807) is 18.3 Å². The van der Waals surface area contributed by atoms with Crippen molar-refractivity contribution in [1.29, 1.82) is 0 Å². The molecule has 0 radical (unpaired) electrons. The van der Waals surface area contributed by atoms with E-state index in [1.165, 1.54) is 0 Å². The van der Waals surface area contributed by atoms with Crippen molar-refractivity contribution in [3.63, 3.8) is 0 Å². The lowest BCUT2D eigenvalue weighted by atomic mass is 9.83. The molecule has 18 heavy (non-hydrogen) atoms. The standard InChI is InChI=1S/C11H12BrNO4S/c12-8-1-2-9(13-6-8)5-11(10(14)15)3-4-18(16,17)7-11/h1-2,6H,3-5,7H2,(H,14,15). The molecule has 7 heteroatoms. The lowest BCUT2D eigenvalue weighted by Gasteiger charge is -2.21. The third-order valence-corrected chi connectivity index (χ3v) is 5.44. The minimum atomic E-state index is -3.25. The van der Waals surface area contributed by atoms with Crippen LogP contribution >= 0.6 is 15.9 Å². The number of aromatic nitrogens is 1. The first-order chi connectivity index (χ1) is 8.33. The van der Waals surface area contributed by atoms with Crippen LogP contribution in [-0.2, 0) is 21.1 Å². The highest BCUT2D eigenvalue weighted by molar-refractivity contribution is 9.10. The SMILES string of the molecule is O=C(O)C1(Cc2ccc(Br)cn2)CCS(=O)(=O)C1. The number of hydrogen-bond donors (Lipinski definition) is 1. The molecule has 1 aliphatic rings.